The summed E-state index contributed by atoms with van der Waals surface area (Å²) < 4.78 is 6.31. The van der Waals surface area contributed by atoms with Gasteiger partial charge < -0.3 is 10.2 Å². The SMILES string of the molecule is Cc1cc(N)ncc1CN1CCN(CCO[Si](C)(C)C(C)(C)C)CC1. The van der Waals surface area contributed by atoms with Gasteiger partial charge in [0.1, 0.15) is 5.82 Å². The molecule has 1 aromatic heterocycles. The Morgan fingerprint density at radius 3 is 2.32 bits per heavy atom. The molecule has 1 aliphatic heterocycles. The Bertz CT molecular complexity index is 563. The number of anilines is 1. The van der Waals surface area contributed by atoms with Crippen molar-refractivity contribution in [3.05, 3.63) is 23.4 Å². The Labute approximate surface area is 154 Å². The molecular weight excluding hydrogens is 328 g/mol. The van der Waals surface area contributed by atoms with Crippen LogP contribution in [0.3, 0.4) is 0 Å². The summed E-state index contributed by atoms with van der Waals surface area (Å²) in [5.74, 6) is 0.604. The number of nitrogen functional groups attached to an aromatic ring is 1. The fourth-order valence-electron chi connectivity index (χ4n) is 2.83. The summed E-state index contributed by atoms with van der Waals surface area (Å²) in [5.41, 5.74) is 8.26. The van der Waals surface area contributed by atoms with Gasteiger partial charge in [-0.2, -0.15) is 0 Å². The summed E-state index contributed by atoms with van der Waals surface area (Å²) in [7, 11) is -1.62. The summed E-state index contributed by atoms with van der Waals surface area (Å²) in [6.07, 6.45) is 1.92. The van der Waals surface area contributed by atoms with E-state index >= 15 is 0 Å². The van der Waals surface area contributed by atoms with E-state index in [1.165, 1.54) is 11.1 Å². The van der Waals surface area contributed by atoms with Crippen molar-refractivity contribution in [1.82, 2.24) is 14.8 Å². The van der Waals surface area contributed by atoms with Gasteiger partial charge in [-0.05, 0) is 42.2 Å². The first-order chi connectivity index (χ1) is 11.6. The number of aryl methyl sites for hydroxylation is 1. The summed E-state index contributed by atoms with van der Waals surface area (Å²) in [4.78, 5) is 9.26. The van der Waals surface area contributed by atoms with Gasteiger partial charge >= 0.3 is 0 Å². The molecule has 0 spiro atoms. The van der Waals surface area contributed by atoms with Crippen LogP contribution in [-0.2, 0) is 11.0 Å². The van der Waals surface area contributed by atoms with Crippen molar-refractivity contribution in [3.8, 4) is 0 Å². The molecule has 0 bridgehead atoms. The molecule has 0 amide bonds. The van der Waals surface area contributed by atoms with Gasteiger partial charge in [0.05, 0.1) is 0 Å². The molecule has 0 unspecified atom stereocenters. The number of hydrogen-bond donors (Lipinski definition) is 1. The van der Waals surface area contributed by atoms with Gasteiger partial charge in [-0.1, -0.05) is 20.8 Å². The minimum absolute atomic E-state index is 0.288. The predicted octanol–water partition coefficient (Wildman–Crippen LogP) is 3.11. The van der Waals surface area contributed by atoms with E-state index in [0.29, 0.717) is 5.82 Å². The average molecular weight is 365 g/mol. The number of nitrogens with two attached hydrogens (primary N) is 1. The zero-order valence-corrected chi connectivity index (χ0v) is 17.9. The Hall–Kier alpha value is -0.953. The molecule has 0 aromatic carbocycles. The molecule has 6 heteroatoms. The molecular formula is C19H36N4OSi. The van der Waals surface area contributed by atoms with Gasteiger partial charge in [-0.25, -0.2) is 4.98 Å². The molecule has 25 heavy (non-hydrogen) atoms. The van der Waals surface area contributed by atoms with Crippen LogP contribution in [0.25, 0.3) is 0 Å². The third-order valence-electron chi connectivity index (χ3n) is 5.78. The zero-order chi connectivity index (χ0) is 18.7. The maximum absolute atomic E-state index is 6.31. The molecule has 5 nitrogen and oxygen atoms in total. The van der Waals surface area contributed by atoms with Crippen LogP contribution in [0.2, 0.25) is 18.1 Å². The number of nitrogens with zero attached hydrogens (tertiary/aromatic N) is 3. The van der Waals surface area contributed by atoms with E-state index in [1.54, 1.807) is 0 Å². The Balaban J connectivity index is 1.73. The van der Waals surface area contributed by atoms with Crippen molar-refractivity contribution in [3.63, 3.8) is 0 Å². The molecule has 2 rings (SSSR count). The molecule has 0 radical (unpaired) electrons. The van der Waals surface area contributed by atoms with E-state index in [2.05, 4.69) is 55.6 Å². The normalized spacial score (nSPS) is 17.8. The second-order valence-corrected chi connectivity index (χ2v) is 13.6. The summed E-state index contributed by atoms with van der Waals surface area (Å²) in [5, 5.41) is 0.288. The van der Waals surface area contributed by atoms with E-state index in [9.17, 15) is 0 Å². The van der Waals surface area contributed by atoms with Crippen molar-refractivity contribution >= 4 is 14.1 Å². The third kappa shape index (κ3) is 5.77. The highest BCUT2D eigenvalue weighted by Crippen LogP contribution is 2.36. The molecule has 1 fully saturated rings. The minimum Gasteiger partial charge on any atom is -0.416 e. The Kier molecular flexibility index (Phi) is 6.65. The van der Waals surface area contributed by atoms with Gasteiger partial charge in [0.15, 0.2) is 8.32 Å². The lowest BCUT2D eigenvalue weighted by atomic mass is 10.1. The third-order valence-corrected chi connectivity index (χ3v) is 10.3. The lowest BCUT2D eigenvalue weighted by molar-refractivity contribution is 0.110. The van der Waals surface area contributed by atoms with Crippen molar-refractivity contribution in [2.24, 2.45) is 0 Å². The molecule has 1 saturated heterocycles. The summed E-state index contributed by atoms with van der Waals surface area (Å²) in [6, 6.07) is 1.96. The fraction of sp³-hybridized carbons (Fsp3) is 0.737. The van der Waals surface area contributed by atoms with Gasteiger partial charge in [-0.3, -0.25) is 9.80 Å². The van der Waals surface area contributed by atoms with Crippen molar-refractivity contribution in [2.45, 2.75) is 52.4 Å². The molecule has 0 atom stereocenters. The number of aromatic nitrogens is 1. The molecule has 2 heterocycles. The van der Waals surface area contributed by atoms with E-state index in [-0.39, 0.29) is 5.04 Å². The second kappa shape index (κ2) is 8.16. The molecule has 0 aliphatic carbocycles. The van der Waals surface area contributed by atoms with Crippen LogP contribution < -0.4 is 5.73 Å². The van der Waals surface area contributed by atoms with Gasteiger partial charge in [-0.15, -0.1) is 0 Å². The van der Waals surface area contributed by atoms with E-state index < -0.39 is 8.32 Å². The van der Waals surface area contributed by atoms with Crippen LogP contribution in [0.4, 0.5) is 5.82 Å². The smallest absolute Gasteiger partial charge is 0.192 e. The summed E-state index contributed by atoms with van der Waals surface area (Å²) in [6.45, 7) is 21.0. The van der Waals surface area contributed by atoms with Crippen LogP contribution in [0.1, 0.15) is 31.9 Å². The first kappa shape index (κ1) is 20.4. The van der Waals surface area contributed by atoms with Crippen molar-refractivity contribution < 1.29 is 4.43 Å². The molecule has 2 N–H and O–H groups in total. The number of pyridine rings is 1. The summed E-state index contributed by atoms with van der Waals surface area (Å²) >= 11 is 0. The zero-order valence-electron chi connectivity index (χ0n) is 16.9. The number of piperazine rings is 1. The van der Waals surface area contributed by atoms with Gasteiger partial charge in [0, 0.05) is 52.1 Å². The van der Waals surface area contributed by atoms with Crippen LogP contribution in [0.15, 0.2) is 12.3 Å². The Morgan fingerprint density at radius 2 is 1.76 bits per heavy atom. The van der Waals surface area contributed by atoms with Crippen LogP contribution >= 0.6 is 0 Å². The van der Waals surface area contributed by atoms with E-state index in [1.807, 2.05) is 12.3 Å². The van der Waals surface area contributed by atoms with Crippen molar-refractivity contribution in [1.29, 1.82) is 0 Å². The maximum atomic E-state index is 6.31. The van der Waals surface area contributed by atoms with E-state index in [4.69, 9.17) is 10.2 Å². The second-order valence-electron chi connectivity index (χ2n) is 8.76. The van der Waals surface area contributed by atoms with Crippen molar-refractivity contribution in [2.75, 3.05) is 45.1 Å². The highest BCUT2D eigenvalue weighted by Gasteiger charge is 2.37. The minimum atomic E-state index is -1.62. The number of rotatable bonds is 6. The number of hydrogen-bond acceptors (Lipinski definition) is 5. The lowest BCUT2D eigenvalue weighted by Gasteiger charge is -2.38. The molecule has 1 aliphatic rings. The first-order valence-electron chi connectivity index (χ1n) is 9.38. The molecule has 1 aromatic rings. The van der Waals surface area contributed by atoms with Gasteiger partial charge in [0.25, 0.3) is 0 Å². The average Bonchev–Trinajstić information content (AvgIpc) is 2.50. The maximum Gasteiger partial charge on any atom is 0.192 e. The fourth-order valence-corrected chi connectivity index (χ4v) is 3.86. The topological polar surface area (TPSA) is 54.6 Å². The predicted molar refractivity (Wildman–Crippen MR) is 108 cm³/mol. The first-order valence-corrected chi connectivity index (χ1v) is 12.3. The van der Waals surface area contributed by atoms with E-state index in [0.717, 1.165) is 45.9 Å². The van der Waals surface area contributed by atoms with Crippen LogP contribution in [0, 0.1) is 6.92 Å². The monoisotopic (exact) mass is 364 g/mol. The lowest BCUT2D eigenvalue weighted by Crippen LogP contribution is -2.48. The van der Waals surface area contributed by atoms with Crippen LogP contribution in [-0.4, -0.2) is 62.4 Å². The largest absolute Gasteiger partial charge is 0.416 e. The standard InChI is InChI=1S/C19H36N4OSi/c1-16-13-18(20)21-14-17(16)15-23-9-7-22(8-10-23)11-12-24-25(5,6)19(2,3)4/h13-14H,7-12,15H2,1-6H3,(H2,20,21). The highest BCUT2D eigenvalue weighted by molar-refractivity contribution is 6.74. The molecule has 0 saturated carbocycles. The Morgan fingerprint density at radius 1 is 1.16 bits per heavy atom. The van der Waals surface area contributed by atoms with Crippen LogP contribution in [0.5, 0.6) is 0 Å². The molecule has 142 valence electrons. The van der Waals surface area contributed by atoms with Gasteiger partial charge in [0.2, 0.25) is 0 Å². The highest BCUT2D eigenvalue weighted by atomic mass is 28.4. The quantitative estimate of drug-likeness (QED) is 0.786.